The average Bonchev–Trinajstić information content (AvgIpc) is 2.64. The molecular formula is C11H20N2O2S. The van der Waals surface area contributed by atoms with Crippen molar-refractivity contribution in [3.05, 3.63) is 0 Å². The van der Waals surface area contributed by atoms with Crippen molar-refractivity contribution in [3.8, 4) is 0 Å². The summed E-state index contributed by atoms with van der Waals surface area (Å²) >= 11 is 1.94. The lowest BCUT2D eigenvalue weighted by Crippen LogP contribution is -2.59. The second-order valence-corrected chi connectivity index (χ2v) is 6.81. The van der Waals surface area contributed by atoms with Gasteiger partial charge < -0.3 is 15.4 Å². The van der Waals surface area contributed by atoms with Crippen LogP contribution in [0.25, 0.3) is 0 Å². The molecule has 16 heavy (non-hydrogen) atoms. The second kappa shape index (κ2) is 4.55. The Bertz CT molecular complexity index is 269. The van der Waals surface area contributed by atoms with Gasteiger partial charge in [-0.25, -0.2) is 0 Å². The molecule has 0 radical (unpaired) electrons. The van der Waals surface area contributed by atoms with Crippen LogP contribution in [-0.2, 0) is 9.53 Å². The SMILES string of the molecule is CC1CN(C(=O)C2(N)CCOC2)CC(C)S1. The number of ether oxygens (including phenoxy) is 1. The number of thioether (sulfide) groups is 1. The molecule has 92 valence electrons. The minimum atomic E-state index is -0.762. The number of rotatable bonds is 1. The van der Waals surface area contributed by atoms with E-state index in [2.05, 4.69) is 13.8 Å². The zero-order chi connectivity index (χ0) is 11.8. The van der Waals surface area contributed by atoms with Crippen molar-refractivity contribution < 1.29 is 9.53 Å². The van der Waals surface area contributed by atoms with Crippen molar-refractivity contribution >= 4 is 17.7 Å². The average molecular weight is 244 g/mol. The molecule has 3 atom stereocenters. The minimum absolute atomic E-state index is 0.0731. The molecule has 2 aliphatic rings. The Labute approximate surface area is 101 Å². The van der Waals surface area contributed by atoms with Crippen LogP contribution in [0.2, 0.25) is 0 Å². The van der Waals surface area contributed by atoms with E-state index in [0.29, 0.717) is 30.1 Å². The summed E-state index contributed by atoms with van der Waals surface area (Å²) in [5, 5.41) is 0.997. The fourth-order valence-electron chi connectivity index (χ4n) is 2.41. The number of carbonyl (C=O) groups excluding carboxylic acids is 1. The molecule has 0 aliphatic carbocycles. The Hall–Kier alpha value is -0.260. The number of hydrogen-bond acceptors (Lipinski definition) is 4. The third-order valence-corrected chi connectivity index (χ3v) is 4.41. The van der Waals surface area contributed by atoms with E-state index in [1.54, 1.807) is 0 Å². The van der Waals surface area contributed by atoms with Crippen LogP contribution in [-0.4, -0.2) is 53.1 Å². The van der Waals surface area contributed by atoms with E-state index in [9.17, 15) is 4.79 Å². The summed E-state index contributed by atoms with van der Waals surface area (Å²) in [7, 11) is 0. The van der Waals surface area contributed by atoms with Crippen LogP contribution < -0.4 is 5.73 Å². The van der Waals surface area contributed by atoms with Crippen molar-refractivity contribution in [2.24, 2.45) is 5.73 Å². The van der Waals surface area contributed by atoms with Gasteiger partial charge in [-0.2, -0.15) is 11.8 Å². The van der Waals surface area contributed by atoms with Gasteiger partial charge in [0.1, 0.15) is 5.54 Å². The van der Waals surface area contributed by atoms with E-state index in [1.165, 1.54) is 0 Å². The lowest BCUT2D eigenvalue weighted by atomic mass is 9.98. The molecular weight excluding hydrogens is 224 g/mol. The summed E-state index contributed by atoms with van der Waals surface area (Å²) in [5.74, 6) is 0.0731. The molecule has 3 unspecified atom stereocenters. The largest absolute Gasteiger partial charge is 0.379 e. The third kappa shape index (κ3) is 2.36. The molecule has 0 aromatic rings. The zero-order valence-electron chi connectivity index (χ0n) is 9.94. The lowest BCUT2D eigenvalue weighted by molar-refractivity contribution is -0.137. The van der Waals surface area contributed by atoms with E-state index < -0.39 is 5.54 Å². The Kier molecular flexibility index (Phi) is 3.47. The van der Waals surface area contributed by atoms with Crippen LogP contribution in [0.1, 0.15) is 20.3 Å². The number of amides is 1. The smallest absolute Gasteiger partial charge is 0.245 e. The Morgan fingerprint density at radius 1 is 1.44 bits per heavy atom. The predicted molar refractivity (Wildman–Crippen MR) is 65.4 cm³/mol. The quantitative estimate of drug-likeness (QED) is 0.728. The Morgan fingerprint density at radius 3 is 2.56 bits per heavy atom. The van der Waals surface area contributed by atoms with Gasteiger partial charge in [0.25, 0.3) is 0 Å². The maximum absolute atomic E-state index is 12.3. The maximum Gasteiger partial charge on any atom is 0.245 e. The highest BCUT2D eigenvalue weighted by atomic mass is 32.2. The molecule has 0 aromatic heterocycles. The zero-order valence-corrected chi connectivity index (χ0v) is 10.8. The number of nitrogens with zero attached hydrogens (tertiary/aromatic N) is 1. The van der Waals surface area contributed by atoms with Crippen LogP contribution in [0.15, 0.2) is 0 Å². The maximum atomic E-state index is 12.3. The van der Waals surface area contributed by atoms with Crippen LogP contribution in [0.3, 0.4) is 0 Å². The molecule has 4 nitrogen and oxygen atoms in total. The van der Waals surface area contributed by atoms with E-state index in [0.717, 1.165) is 13.1 Å². The second-order valence-electron chi connectivity index (χ2n) is 4.93. The highest BCUT2D eigenvalue weighted by Gasteiger charge is 2.42. The summed E-state index contributed by atoms with van der Waals surface area (Å²) < 4.78 is 5.25. The third-order valence-electron chi connectivity index (χ3n) is 3.18. The topological polar surface area (TPSA) is 55.6 Å². The fourth-order valence-corrected chi connectivity index (χ4v) is 3.73. The van der Waals surface area contributed by atoms with Crippen molar-refractivity contribution in [1.29, 1.82) is 0 Å². The van der Waals surface area contributed by atoms with Gasteiger partial charge >= 0.3 is 0 Å². The van der Waals surface area contributed by atoms with E-state index in [1.807, 2.05) is 16.7 Å². The summed E-state index contributed by atoms with van der Waals surface area (Å²) in [6.07, 6.45) is 0.651. The first-order valence-electron chi connectivity index (χ1n) is 5.83. The molecule has 2 heterocycles. The highest BCUT2D eigenvalue weighted by molar-refractivity contribution is 8.00. The molecule has 2 rings (SSSR count). The van der Waals surface area contributed by atoms with Gasteiger partial charge in [-0.15, -0.1) is 0 Å². The molecule has 2 N–H and O–H groups in total. The van der Waals surface area contributed by atoms with Crippen LogP contribution in [0.4, 0.5) is 0 Å². The standard InChI is InChI=1S/C11H20N2O2S/c1-8-5-13(6-9(2)16-8)10(14)11(12)3-4-15-7-11/h8-9H,3-7,12H2,1-2H3. The lowest BCUT2D eigenvalue weighted by Gasteiger charge is -2.38. The van der Waals surface area contributed by atoms with Gasteiger partial charge in [0.15, 0.2) is 0 Å². The summed E-state index contributed by atoms with van der Waals surface area (Å²) in [4.78, 5) is 14.2. The molecule has 2 aliphatic heterocycles. The number of nitrogens with two attached hydrogens (primary N) is 1. The first-order valence-corrected chi connectivity index (χ1v) is 6.77. The van der Waals surface area contributed by atoms with Crippen LogP contribution in [0, 0.1) is 0 Å². The van der Waals surface area contributed by atoms with Gasteiger partial charge in [0, 0.05) is 30.2 Å². The molecule has 0 bridgehead atoms. The van der Waals surface area contributed by atoms with Crippen molar-refractivity contribution in [2.75, 3.05) is 26.3 Å². The summed E-state index contributed by atoms with van der Waals surface area (Å²) in [6, 6.07) is 0. The molecule has 0 spiro atoms. The van der Waals surface area contributed by atoms with E-state index in [-0.39, 0.29) is 5.91 Å². The van der Waals surface area contributed by atoms with Gasteiger partial charge in [-0.1, -0.05) is 13.8 Å². The molecule has 2 fully saturated rings. The Morgan fingerprint density at radius 2 is 2.06 bits per heavy atom. The first kappa shape index (κ1) is 12.2. The van der Waals surface area contributed by atoms with E-state index >= 15 is 0 Å². The van der Waals surface area contributed by atoms with E-state index in [4.69, 9.17) is 10.5 Å². The molecule has 2 saturated heterocycles. The van der Waals surface area contributed by atoms with Gasteiger partial charge in [-0.05, 0) is 6.42 Å². The number of carbonyl (C=O) groups is 1. The van der Waals surface area contributed by atoms with Crippen LogP contribution in [0.5, 0.6) is 0 Å². The van der Waals surface area contributed by atoms with Gasteiger partial charge in [0.2, 0.25) is 5.91 Å². The van der Waals surface area contributed by atoms with Crippen LogP contribution >= 0.6 is 11.8 Å². The number of hydrogen-bond donors (Lipinski definition) is 1. The van der Waals surface area contributed by atoms with Crippen molar-refractivity contribution in [2.45, 2.75) is 36.3 Å². The normalized spacial score (nSPS) is 40.1. The molecule has 1 amide bonds. The van der Waals surface area contributed by atoms with Crippen molar-refractivity contribution in [3.63, 3.8) is 0 Å². The van der Waals surface area contributed by atoms with Gasteiger partial charge in [0.05, 0.1) is 6.61 Å². The first-order chi connectivity index (χ1) is 7.51. The predicted octanol–water partition coefficient (Wildman–Crippen LogP) is 0.457. The summed E-state index contributed by atoms with van der Waals surface area (Å²) in [5.41, 5.74) is 5.34. The molecule has 0 saturated carbocycles. The monoisotopic (exact) mass is 244 g/mol. The molecule has 0 aromatic carbocycles. The van der Waals surface area contributed by atoms with Crippen molar-refractivity contribution in [1.82, 2.24) is 4.90 Å². The summed E-state index contributed by atoms with van der Waals surface area (Å²) in [6.45, 7) is 6.93. The molecule has 5 heteroatoms. The minimum Gasteiger partial charge on any atom is -0.379 e. The van der Waals surface area contributed by atoms with Gasteiger partial charge in [-0.3, -0.25) is 4.79 Å². The Balaban J connectivity index is 2.03. The highest BCUT2D eigenvalue weighted by Crippen LogP contribution is 2.27. The fraction of sp³-hybridized carbons (Fsp3) is 0.909.